The van der Waals surface area contributed by atoms with E-state index in [0.717, 1.165) is 24.3 Å². The summed E-state index contributed by atoms with van der Waals surface area (Å²) < 4.78 is 10.5. The third-order valence-corrected chi connectivity index (χ3v) is 4.90. The molecule has 0 fully saturated rings. The van der Waals surface area contributed by atoms with Gasteiger partial charge >= 0.3 is 5.97 Å². The maximum absolute atomic E-state index is 11.3. The van der Waals surface area contributed by atoms with E-state index in [1.54, 1.807) is 0 Å². The molecule has 0 unspecified atom stereocenters. The van der Waals surface area contributed by atoms with Gasteiger partial charge in [0.1, 0.15) is 5.75 Å². The number of benzene rings is 1. The second-order valence-electron chi connectivity index (χ2n) is 7.48. The molecule has 0 aliphatic heterocycles. The Balaban J connectivity index is 1.95. The fourth-order valence-electron chi connectivity index (χ4n) is 3.17. The van der Waals surface area contributed by atoms with E-state index < -0.39 is 0 Å². The summed E-state index contributed by atoms with van der Waals surface area (Å²) in [5.41, 5.74) is 0.930. The van der Waals surface area contributed by atoms with Crippen LogP contribution in [-0.4, -0.2) is 19.7 Å². The lowest BCUT2D eigenvalue weighted by Gasteiger charge is -2.08. The zero-order valence-electron chi connectivity index (χ0n) is 18.1. The Morgan fingerprint density at radius 1 is 0.893 bits per heavy atom. The number of ether oxygens (including phenoxy) is 2. The normalized spacial score (nSPS) is 11.1. The molecule has 0 spiro atoms. The first-order valence-electron chi connectivity index (χ1n) is 11.2. The van der Waals surface area contributed by atoms with Crippen LogP contribution in [0.15, 0.2) is 36.4 Å². The van der Waals surface area contributed by atoms with Gasteiger partial charge in [-0.1, -0.05) is 76.2 Å². The summed E-state index contributed by atoms with van der Waals surface area (Å²) in [4.78, 5) is 11.3. The van der Waals surface area contributed by atoms with Crippen LogP contribution >= 0.6 is 0 Å². The lowest BCUT2D eigenvalue weighted by Crippen LogP contribution is -2.04. The molecule has 0 N–H and O–H groups in total. The second kappa shape index (κ2) is 17.3. The highest BCUT2D eigenvalue weighted by molar-refractivity contribution is 5.72. The van der Waals surface area contributed by atoms with Crippen LogP contribution in [-0.2, 0) is 16.0 Å². The first-order valence-corrected chi connectivity index (χ1v) is 11.2. The van der Waals surface area contributed by atoms with Crippen molar-refractivity contribution < 1.29 is 14.3 Å². The molecule has 28 heavy (non-hydrogen) atoms. The van der Waals surface area contributed by atoms with Crippen molar-refractivity contribution in [3.63, 3.8) is 0 Å². The topological polar surface area (TPSA) is 35.5 Å². The van der Waals surface area contributed by atoms with E-state index >= 15 is 0 Å². The highest BCUT2D eigenvalue weighted by Gasteiger charge is 2.04. The zero-order chi connectivity index (χ0) is 20.3. The fourth-order valence-corrected chi connectivity index (χ4v) is 3.17. The lowest BCUT2D eigenvalue weighted by atomic mass is 10.1. The van der Waals surface area contributed by atoms with E-state index in [1.165, 1.54) is 77.7 Å². The van der Waals surface area contributed by atoms with Crippen LogP contribution in [0.1, 0.15) is 89.5 Å². The molecule has 1 aromatic rings. The molecule has 0 heterocycles. The van der Waals surface area contributed by atoms with E-state index in [2.05, 4.69) is 19.1 Å². The third-order valence-electron chi connectivity index (χ3n) is 4.90. The number of unbranched alkanes of at least 4 members (excludes halogenated alkanes) is 10. The van der Waals surface area contributed by atoms with Crippen LogP contribution in [0.25, 0.3) is 0 Å². The van der Waals surface area contributed by atoms with Gasteiger partial charge in [-0.2, -0.15) is 0 Å². The van der Waals surface area contributed by atoms with Gasteiger partial charge in [0.15, 0.2) is 0 Å². The molecular weight excluding hydrogens is 348 g/mol. The molecule has 1 aromatic carbocycles. The number of carbonyl (C=O) groups is 1. The van der Waals surface area contributed by atoms with E-state index in [0.29, 0.717) is 6.42 Å². The molecule has 158 valence electrons. The molecule has 3 heteroatoms. The SMILES string of the molecule is CCCCCC/C=C\CCCCCCCCOc1cccc(CC(=O)OC)c1. The quantitative estimate of drug-likeness (QED) is 0.163. The number of rotatable bonds is 17. The highest BCUT2D eigenvalue weighted by Crippen LogP contribution is 2.15. The van der Waals surface area contributed by atoms with E-state index in [9.17, 15) is 4.79 Å². The number of allylic oxidation sites excluding steroid dienone is 2. The average Bonchev–Trinajstić information content (AvgIpc) is 2.71. The maximum Gasteiger partial charge on any atom is 0.309 e. The van der Waals surface area contributed by atoms with Crippen molar-refractivity contribution in [1.29, 1.82) is 0 Å². The van der Waals surface area contributed by atoms with Gasteiger partial charge in [0.25, 0.3) is 0 Å². The maximum atomic E-state index is 11.3. The predicted octanol–water partition coefficient (Wildman–Crippen LogP) is 7.04. The van der Waals surface area contributed by atoms with Crippen molar-refractivity contribution >= 4 is 5.97 Å². The summed E-state index contributed by atoms with van der Waals surface area (Å²) in [5.74, 6) is 0.613. The summed E-state index contributed by atoms with van der Waals surface area (Å²) in [6.07, 6.45) is 20.5. The van der Waals surface area contributed by atoms with Gasteiger partial charge in [-0.3, -0.25) is 4.79 Å². The minimum atomic E-state index is -0.223. The number of hydrogen-bond acceptors (Lipinski definition) is 3. The monoisotopic (exact) mass is 388 g/mol. The van der Waals surface area contributed by atoms with Gasteiger partial charge in [-0.25, -0.2) is 0 Å². The Hall–Kier alpha value is -1.77. The second-order valence-corrected chi connectivity index (χ2v) is 7.48. The van der Waals surface area contributed by atoms with Gasteiger partial charge in [0, 0.05) is 0 Å². The van der Waals surface area contributed by atoms with Gasteiger partial charge in [-0.15, -0.1) is 0 Å². The van der Waals surface area contributed by atoms with Crippen LogP contribution in [0, 0.1) is 0 Å². The standard InChI is InChI=1S/C25H40O3/c1-3-4-5-6-7-8-9-10-11-12-13-14-15-16-20-28-24-19-17-18-23(21-24)22-25(26)27-2/h8-9,17-19,21H,3-7,10-16,20,22H2,1-2H3/b9-8-. The molecule has 0 radical (unpaired) electrons. The predicted molar refractivity (Wildman–Crippen MR) is 118 cm³/mol. The summed E-state index contributed by atoms with van der Waals surface area (Å²) in [6, 6.07) is 7.71. The Morgan fingerprint density at radius 2 is 1.54 bits per heavy atom. The summed E-state index contributed by atoms with van der Waals surface area (Å²) in [6.45, 7) is 3.00. The Kier molecular flexibility index (Phi) is 15.0. The van der Waals surface area contributed by atoms with Gasteiger partial charge in [0.05, 0.1) is 20.1 Å². The molecule has 0 atom stereocenters. The largest absolute Gasteiger partial charge is 0.494 e. The molecule has 0 amide bonds. The van der Waals surface area contributed by atoms with Crippen LogP contribution in [0.2, 0.25) is 0 Å². The highest BCUT2D eigenvalue weighted by atomic mass is 16.5. The average molecular weight is 389 g/mol. The number of hydrogen-bond donors (Lipinski definition) is 0. The van der Waals surface area contributed by atoms with Gasteiger partial charge in [-0.05, 0) is 49.8 Å². The molecule has 0 saturated heterocycles. The van der Waals surface area contributed by atoms with E-state index in [1.807, 2.05) is 24.3 Å². The molecule has 1 rings (SSSR count). The van der Waals surface area contributed by atoms with Crippen molar-refractivity contribution in [1.82, 2.24) is 0 Å². The first-order chi connectivity index (χ1) is 13.8. The van der Waals surface area contributed by atoms with Crippen molar-refractivity contribution in [3.05, 3.63) is 42.0 Å². The smallest absolute Gasteiger partial charge is 0.309 e. The molecule has 0 aliphatic carbocycles. The van der Waals surface area contributed by atoms with Crippen molar-refractivity contribution in [2.24, 2.45) is 0 Å². The number of methoxy groups -OCH3 is 1. The number of carbonyl (C=O) groups excluding carboxylic acids is 1. The first kappa shape index (κ1) is 24.3. The Labute approximate surface area is 172 Å². The number of esters is 1. The summed E-state index contributed by atoms with van der Waals surface area (Å²) >= 11 is 0. The summed E-state index contributed by atoms with van der Waals surface area (Å²) in [7, 11) is 1.41. The molecule has 0 aliphatic rings. The van der Waals surface area contributed by atoms with Crippen LogP contribution < -0.4 is 4.74 Å². The van der Waals surface area contributed by atoms with Crippen molar-refractivity contribution in [2.45, 2.75) is 90.4 Å². The lowest BCUT2D eigenvalue weighted by molar-refractivity contribution is -0.139. The molecule has 3 nitrogen and oxygen atoms in total. The van der Waals surface area contributed by atoms with Crippen molar-refractivity contribution in [2.75, 3.05) is 13.7 Å². The Bertz CT molecular complexity index is 536. The molecule has 0 bridgehead atoms. The zero-order valence-corrected chi connectivity index (χ0v) is 18.1. The van der Waals surface area contributed by atoms with E-state index in [-0.39, 0.29) is 5.97 Å². The minimum absolute atomic E-state index is 0.223. The summed E-state index contributed by atoms with van der Waals surface area (Å²) in [5, 5.41) is 0. The van der Waals surface area contributed by atoms with Crippen LogP contribution in [0.5, 0.6) is 5.75 Å². The van der Waals surface area contributed by atoms with Gasteiger partial charge < -0.3 is 9.47 Å². The Morgan fingerprint density at radius 3 is 2.21 bits per heavy atom. The minimum Gasteiger partial charge on any atom is -0.494 e. The molecule has 0 saturated carbocycles. The van der Waals surface area contributed by atoms with Crippen LogP contribution in [0.3, 0.4) is 0 Å². The van der Waals surface area contributed by atoms with E-state index in [4.69, 9.17) is 9.47 Å². The molecular formula is C25H40O3. The molecule has 0 aromatic heterocycles. The van der Waals surface area contributed by atoms with Crippen molar-refractivity contribution in [3.8, 4) is 5.75 Å². The third kappa shape index (κ3) is 13.4. The fraction of sp³-hybridized carbons (Fsp3) is 0.640. The van der Waals surface area contributed by atoms with Crippen LogP contribution in [0.4, 0.5) is 0 Å². The van der Waals surface area contributed by atoms with Gasteiger partial charge in [0.2, 0.25) is 0 Å².